The van der Waals surface area contributed by atoms with Crippen LogP contribution in [0.25, 0.3) is 10.9 Å². The maximum atomic E-state index is 12.4. The molecule has 0 aliphatic heterocycles. The fraction of sp³-hybridized carbons (Fsp3) is 0.389. The molecule has 2 atom stereocenters. The number of carboxylic acids is 1. The van der Waals surface area contributed by atoms with Crippen molar-refractivity contribution in [1.29, 1.82) is 0 Å². The molecule has 1 aromatic heterocycles. The Balaban J connectivity index is 2.96. The maximum Gasteiger partial charge on any atom is 0.335 e. The maximum absolute atomic E-state index is 12.4. The number of hydrogen-bond donors (Lipinski definition) is 1. The Hall–Kier alpha value is -2.43. The number of pyridine rings is 1. The van der Waals surface area contributed by atoms with Crippen molar-refractivity contribution in [2.24, 2.45) is 0 Å². The molecule has 0 saturated carbocycles. The lowest BCUT2D eigenvalue weighted by Gasteiger charge is -2.21. The SMILES string of the molecule is CCC(C)c1cc(C(=O)O)cc2ccc(=O)n(C(C)C(C)=O)c12. The van der Waals surface area contributed by atoms with Gasteiger partial charge in [-0.15, -0.1) is 0 Å². The number of Topliss-reactive ketones (excluding diaryl/α,β-unsaturated/α-hetero) is 1. The van der Waals surface area contributed by atoms with Crippen LogP contribution in [0.3, 0.4) is 0 Å². The van der Waals surface area contributed by atoms with Crippen LogP contribution in [0.2, 0.25) is 0 Å². The van der Waals surface area contributed by atoms with Gasteiger partial charge in [-0.05, 0) is 55.3 Å². The fourth-order valence-corrected chi connectivity index (χ4v) is 2.72. The first kappa shape index (κ1) is 16.9. The van der Waals surface area contributed by atoms with E-state index in [4.69, 9.17) is 0 Å². The monoisotopic (exact) mass is 315 g/mol. The summed E-state index contributed by atoms with van der Waals surface area (Å²) in [6, 6.07) is 5.57. The van der Waals surface area contributed by atoms with E-state index in [1.807, 2.05) is 13.8 Å². The minimum absolute atomic E-state index is 0.0732. The van der Waals surface area contributed by atoms with Crippen LogP contribution in [0.4, 0.5) is 0 Å². The molecule has 122 valence electrons. The minimum atomic E-state index is -1.01. The van der Waals surface area contributed by atoms with Crippen LogP contribution in [0.15, 0.2) is 29.1 Å². The Morgan fingerprint density at radius 2 is 1.87 bits per heavy atom. The highest BCUT2D eigenvalue weighted by atomic mass is 16.4. The van der Waals surface area contributed by atoms with Gasteiger partial charge in [0, 0.05) is 6.07 Å². The summed E-state index contributed by atoms with van der Waals surface area (Å²) >= 11 is 0. The highest BCUT2D eigenvalue weighted by Gasteiger charge is 2.20. The lowest BCUT2D eigenvalue weighted by atomic mass is 9.93. The number of carbonyl (C=O) groups excluding carboxylic acids is 1. The predicted molar refractivity (Wildman–Crippen MR) is 89.3 cm³/mol. The van der Waals surface area contributed by atoms with Gasteiger partial charge >= 0.3 is 5.97 Å². The van der Waals surface area contributed by atoms with Crippen molar-refractivity contribution < 1.29 is 14.7 Å². The van der Waals surface area contributed by atoms with Gasteiger partial charge in [-0.1, -0.05) is 13.8 Å². The van der Waals surface area contributed by atoms with Gasteiger partial charge in [0.05, 0.1) is 17.1 Å². The number of carbonyl (C=O) groups is 2. The Kier molecular flexibility index (Phi) is 4.68. The molecular formula is C18H21NO4. The highest BCUT2D eigenvalue weighted by Crippen LogP contribution is 2.30. The summed E-state index contributed by atoms with van der Waals surface area (Å²) in [5, 5.41) is 9.98. The van der Waals surface area contributed by atoms with Crippen LogP contribution in [-0.4, -0.2) is 21.4 Å². The number of benzene rings is 1. The predicted octanol–water partition coefficient (Wildman–Crippen LogP) is 3.36. The summed E-state index contributed by atoms with van der Waals surface area (Å²) in [6.45, 7) is 7.13. The number of hydrogen-bond acceptors (Lipinski definition) is 3. The van der Waals surface area contributed by atoms with Crippen molar-refractivity contribution >= 4 is 22.7 Å². The van der Waals surface area contributed by atoms with Gasteiger partial charge in [0.25, 0.3) is 5.56 Å². The average Bonchev–Trinajstić information content (AvgIpc) is 2.52. The van der Waals surface area contributed by atoms with E-state index in [1.54, 1.807) is 25.1 Å². The van der Waals surface area contributed by atoms with Crippen LogP contribution >= 0.6 is 0 Å². The highest BCUT2D eigenvalue weighted by molar-refractivity contribution is 5.95. The number of aromatic nitrogens is 1. The number of fused-ring (bicyclic) bond motifs is 1. The molecule has 2 aromatic rings. The molecule has 5 nitrogen and oxygen atoms in total. The van der Waals surface area contributed by atoms with Crippen LogP contribution in [0.5, 0.6) is 0 Å². The second-order valence-electron chi connectivity index (χ2n) is 5.95. The standard InChI is InChI=1S/C18H21NO4/c1-5-10(2)15-9-14(18(22)23)8-13-6-7-16(21)19(17(13)15)11(3)12(4)20/h6-11H,5H2,1-4H3,(H,22,23). The first-order valence-corrected chi connectivity index (χ1v) is 7.70. The second-order valence-corrected chi connectivity index (χ2v) is 5.95. The third-order valence-electron chi connectivity index (χ3n) is 4.42. The number of rotatable bonds is 5. The summed E-state index contributed by atoms with van der Waals surface area (Å²) in [5.41, 5.74) is 1.37. The normalized spacial score (nSPS) is 13.7. The van der Waals surface area contributed by atoms with E-state index in [1.165, 1.54) is 17.6 Å². The molecule has 5 heteroatoms. The van der Waals surface area contributed by atoms with Gasteiger partial charge in [-0.3, -0.25) is 14.2 Å². The smallest absolute Gasteiger partial charge is 0.335 e. The van der Waals surface area contributed by atoms with E-state index in [-0.39, 0.29) is 22.8 Å². The molecule has 0 spiro atoms. The molecule has 0 bridgehead atoms. The molecule has 23 heavy (non-hydrogen) atoms. The molecule has 1 N–H and O–H groups in total. The number of carboxylic acid groups (broad SMARTS) is 1. The van der Waals surface area contributed by atoms with Crippen LogP contribution in [0, 0.1) is 0 Å². The molecule has 1 aromatic carbocycles. The van der Waals surface area contributed by atoms with E-state index < -0.39 is 12.0 Å². The summed E-state index contributed by atoms with van der Waals surface area (Å²) in [5.74, 6) is -1.05. The largest absolute Gasteiger partial charge is 0.478 e. The van der Waals surface area contributed by atoms with Crippen molar-refractivity contribution in [3.05, 3.63) is 45.7 Å². The zero-order valence-electron chi connectivity index (χ0n) is 13.8. The minimum Gasteiger partial charge on any atom is -0.478 e. The van der Waals surface area contributed by atoms with E-state index in [2.05, 4.69) is 0 Å². The summed E-state index contributed by atoms with van der Waals surface area (Å²) in [7, 11) is 0. The summed E-state index contributed by atoms with van der Waals surface area (Å²) in [4.78, 5) is 35.5. The third kappa shape index (κ3) is 3.04. The van der Waals surface area contributed by atoms with E-state index in [0.29, 0.717) is 10.9 Å². The van der Waals surface area contributed by atoms with Crippen molar-refractivity contribution in [3.63, 3.8) is 0 Å². The second kappa shape index (κ2) is 6.36. The fourth-order valence-electron chi connectivity index (χ4n) is 2.72. The molecule has 2 rings (SSSR count). The molecular weight excluding hydrogens is 294 g/mol. The van der Waals surface area contributed by atoms with Crippen LogP contribution in [-0.2, 0) is 4.79 Å². The number of nitrogens with zero attached hydrogens (tertiary/aromatic N) is 1. The molecule has 1 heterocycles. The molecule has 0 saturated heterocycles. The zero-order chi connectivity index (χ0) is 17.3. The van der Waals surface area contributed by atoms with Crippen LogP contribution < -0.4 is 5.56 Å². The van der Waals surface area contributed by atoms with Gasteiger partial charge in [0.1, 0.15) is 0 Å². The van der Waals surface area contributed by atoms with E-state index >= 15 is 0 Å². The molecule has 0 aliphatic carbocycles. The quantitative estimate of drug-likeness (QED) is 0.918. The molecule has 0 aliphatic rings. The van der Waals surface area contributed by atoms with Crippen molar-refractivity contribution in [1.82, 2.24) is 4.57 Å². The van der Waals surface area contributed by atoms with Gasteiger partial charge < -0.3 is 5.11 Å². The molecule has 0 amide bonds. The molecule has 0 fully saturated rings. The Bertz CT molecular complexity index is 835. The lowest BCUT2D eigenvalue weighted by Crippen LogP contribution is -2.27. The number of aromatic carboxylic acids is 1. The van der Waals surface area contributed by atoms with Crippen molar-refractivity contribution in [2.45, 2.75) is 46.1 Å². The van der Waals surface area contributed by atoms with Gasteiger partial charge in [-0.25, -0.2) is 4.79 Å². The van der Waals surface area contributed by atoms with Gasteiger partial charge in [-0.2, -0.15) is 0 Å². The van der Waals surface area contributed by atoms with Crippen molar-refractivity contribution in [3.8, 4) is 0 Å². The first-order valence-electron chi connectivity index (χ1n) is 7.70. The lowest BCUT2D eigenvalue weighted by molar-refractivity contribution is -0.119. The first-order chi connectivity index (χ1) is 10.8. The topological polar surface area (TPSA) is 76.4 Å². The summed E-state index contributed by atoms with van der Waals surface area (Å²) < 4.78 is 1.48. The number of ketones is 1. The van der Waals surface area contributed by atoms with E-state index in [0.717, 1.165) is 12.0 Å². The molecule has 2 unspecified atom stereocenters. The zero-order valence-corrected chi connectivity index (χ0v) is 13.8. The van der Waals surface area contributed by atoms with Crippen molar-refractivity contribution in [2.75, 3.05) is 0 Å². The van der Waals surface area contributed by atoms with E-state index in [9.17, 15) is 19.5 Å². The molecule has 0 radical (unpaired) electrons. The summed E-state index contributed by atoms with van der Waals surface area (Å²) in [6.07, 6.45) is 0.801. The van der Waals surface area contributed by atoms with Crippen LogP contribution in [0.1, 0.15) is 62.0 Å². The Labute approximate surface area is 134 Å². The average molecular weight is 315 g/mol. The Morgan fingerprint density at radius 3 is 2.39 bits per heavy atom. The van der Waals surface area contributed by atoms with Gasteiger partial charge in [0.2, 0.25) is 0 Å². The van der Waals surface area contributed by atoms with Gasteiger partial charge in [0.15, 0.2) is 5.78 Å². The Morgan fingerprint density at radius 1 is 1.22 bits per heavy atom. The third-order valence-corrected chi connectivity index (χ3v) is 4.42.